The summed E-state index contributed by atoms with van der Waals surface area (Å²) in [4.78, 5) is 8.79. The molecule has 0 unspecified atom stereocenters. The molecule has 1 heterocycles. The Bertz CT molecular complexity index is 616. The Morgan fingerprint density at radius 1 is 1.30 bits per heavy atom. The van der Waals surface area contributed by atoms with Crippen LogP contribution in [-0.2, 0) is 0 Å². The molecule has 0 saturated carbocycles. The number of nitrogens with two attached hydrogens (primary N) is 1. The maximum absolute atomic E-state index is 5.95. The molecule has 0 saturated heterocycles. The van der Waals surface area contributed by atoms with Crippen LogP contribution in [0.15, 0.2) is 24.3 Å². The van der Waals surface area contributed by atoms with E-state index in [1.54, 1.807) is 12.1 Å². The highest BCUT2D eigenvalue weighted by Crippen LogP contribution is 2.29. The minimum atomic E-state index is 0.171. The zero-order chi connectivity index (χ0) is 14.7. The molecule has 5 nitrogen and oxygen atoms in total. The number of nitrogen functional groups attached to an aromatic ring is 1. The van der Waals surface area contributed by atoms with Crippen LogP contribution in [0.2, 0.25) is 5.02 Å². The van der Waals surface area contributed by atoms with Crippen LogP contribution < -0.4 is 16.0 Å². The van der Waals surface area contributed by atoms with Crippen LogP contribution in [0.5, 0.6) is 11.6 Å². The molecule has 0 aliphatic carbocycles. The lowest BCUT2D eigenvalue weighted by molar-refractivity contribution is 0.453. The van der Waals surface area contributed by atoms with Crippen molar-refractivity contribution in [2.24, 2.45) is 5.84 Å². The molecule has 0 radical (unpaired) electrons. The number of hydrazine groups is 1. The van der Waals surface area contributed by atoms with E-state index in [9.17, 15) is 0 Å². The van der Waals surface area contributed by atoms with Crippen LogP contribution in [0.4, 0.5) is 5.82 Å². The molecule has 0 aliphatic rings. The molecule has 106 valence electrons. The topological polar surface area (TPSA) is 73.1 Å². The summed E-state index contributed by atoms with van der Waals surface area (Å²) in [5, 5.41) is 0.607. The lowest BCUT2D eigenvalue weighted by atomic mass is 10.2. The van der Waals surface area contributed by atoms with Gasteiger partial charge < -0.3 is 10.2 Å². The van der Waals surface area contributed by atoms with E-state index in [1.165, 1.54) is 0 Å². The smallest absolute Gasteiger partial charge is 0.227 e. The zero-order valence-corrected chi connectivity index (χ0v) is 12.4. The number of anilines is 1. The number of halogens is 1. The monoisotopic (exact) mass is 292 g/mol. The normalized spacial score (nSPS) is 10.7. The van der Waals surface area contributed by atoms with E-state index in [1.807, 2.05) is 32.9 Å². The molecule has 2 rings (SSSR count). The Morgan fingerprint density at radius 3 is 2.65 bits per heavy atom. The average Bonchev–Trinajstić information content (AvgIpc) is 2.41. The summed E-state index contributed by atoms with van der Waals surface area (Å²) in [7, 11) is 0. The number of nitrogens with zero attached hydrogens (tertiary/aromatic N) is 2. The van der Waals surface area contributed by atoms with E-state index in [0.29, 0.717) is 28.3 Å². The first-order valence-corrected chi connectivity index (χ1v) is 6.67. The van der Waals surface area contributed by atoms with Gasteiger partial charge in [-0.2, -0.15) is 4.98 Å². The van der Waals surface area contributed by atoms with Crippen LogP contribution in [0, 0.1) is 6.92 Å². The fourth-order valence-corrected chi connectivity index (χ4v) is 1.83. The van der Waals surface area contributed by atoms with Gasteiger partial charge in [-0.25, -0.2) is 10.8 Å². The van der Waals surface area contributed by atoms with E-state index < -0.39 is 0 Å². The fourth-order valence-electron chi connectivity index (χ4n) is 1.65. The van der Waals surface area contributed by atoms with Crippen molar-refractivity contribution in [2.75, 3.05) is 5.43 Å². The Kier molecular flexibility index (Phi) is 4.42. The zero-order valence-electron chi connectivity index (χ0n) is 11.6. The molecule has 1 aromatic carbocycles. The van der Waals surface area contributed by atoms with Crippen molar-refractivity contribution in [3.05, 3.63) is 40.7 Å². The second-order valence-electron chi connectivity index (χ2n) is 4.72. The third-order valence-electron chi connectivity index (χ3n) is 2.78. The van der Waals surface area contributed by atoms with Crippen LogP contribution in [0.1, 0.15) is 31.2 Å². The van der Waals surface area contributed by atoms with Crippen molar-refractivity contribution in [1.29, 1.82) is 0 Å². The van der Waals surface area contributed by atoms with Gasteiger partial charge in [0.05, 0.1) is 5.56 Å². The number of benzene rings is 1. The minimum Gasteiger partial charge on any atom is -0.438 e. The van der Waals surface area contributed by atoms with Crippen molar-refractivity contribution in [3.63, 3.8) is 0 Å². The van der Waals surface area contributed by atoms with Gasteiger partial charge in [-0.15, -0.1) is 0 Å². The van der Waals surface area contributed by atoms with Crippen LogP contribution in [0.3, 0.4) is 0 Å². The lowest BCUT2D eigenvalue weighted by Crippen LogP contribution is -2.13. The molecule has 0 aliphatic heterocycles. The first-order chi connectivity index (χ1) is 9.51. The highest BCUT2D eigenvalue weighted by molar-refractivity contribution is 6.30. The number of aromatic nitrogens is 2. The second kappa shape index (κ2) is 6.07. The van der Waals surface area contributed by atoms with E-state index in [0.717, 1.165) is 5.56 Å². The maximum Gasteiger partial charge on any atom is 0.227 e. The van der Waals surface area contributed by atoms with Gasteiger partial charge in [-0.1, -0.05) is 31.5 Å². The Labute approximate surface area is 123 Å². The number of hydrogen-bond donors (Lipinski definition) is 2. The molecule has 1 aromatic heterocycles. The van der Waals surface area contributed by atoms with Crippen LogP contribution >= 0.6 is 11.6 Å². The summed E-state index contributed by atoms with van der Waals surface area (Å²) in [6.45, 7) is 5.86. The first-order valence-electron chi connectivity index (χ1n) is 6.30. The third kappa shape index (κ3) is 3.18. The summed E-state index contributed by atoms with van der Waals surface area (Å²) in [5.74, 6) is 7.98. The van der Waals surface area contributed by atoms with Gasteiger partial charge in [0.2, 0.25) is 5.88 Å². The van der Waals surface area contributed by atoms with Crippen molar-refractivity contribution >= 4 is 17.4 Å². The van der Waals surface area contributed by atoms with Crippen molar-refractivity contribution in [2.45, 2.75) is 26.7 Å². The largest absolute Gasteiger partial charge is 0.438 e. The molecule has 0 fully saturated rings. The molecule has 2 aromatic rings. The summed E-state index contributed by atoms with van der Waals surface area (Å²) in [5.41, 5.74) is 3.32. The summed E-state index contributed by atoms with van der Waals surface area (Å²) in [6, 6.07) is 7.15. The van der Waals surface area contributed by atoms with Crippen molar-refractivity contribution in [1.82, 2.24) is 9.97 Å². The molecular formula is C14H17ClN4O. The molecule has 0 bridgehead atoms. The summed E-state index contributed by atoms with van der Waals surface area (Å²) in [6.07, 6.45) is 0. The predicted molar refractivity (Wildman–Crippen MR) is 80.2 cm³/mol. The standard InChI is InChI=1S/C14H17ClN4O/c1-8(2)12-17-13(19-16)9(3)14(18-12)20-11-6-4-5-10(15)7-11/h4-8H,16H2,1-3H3,(H,17,18,19). The van der Waals surface area contributed by atoms with E-state index in [-0.39, 0.29) is 5.92 Å². The highest BCUT2D eigenvalue weighted by Gasteiger charge is 2.14. The molecule has 0 spiro atoms. The van der Waals surface area contributed by atoms with Gasteiger partial charge in [-0.05, 0) is 25.1 Å². The molecule has 0 atom stereocenters. The van der Waals surface area contributed by atoms with Gasteiger partial charge in [0.1, 0.15) is 11.6 Å². The lowest BCUT2D eigenvalue weighted by Gasteiger charge is -2.14. The predicted octanol–water partition coefficient (Wildman–Crippen LogP) is 3.64. The molecule has 6 heteroatoms. The third-order valence-corrected chi connectivity index (χ3v) is 3.02. The van der Waals surface area contributed by atoms with Crippen LogP contribution in [-0.4, -0.2) is 9.97 Å². The van der Waals surface area contributed by atoms with Gasteiger partial charge in [-0.3, -0.25) is 0 Å². The van der Waals surface area contributed by atoms with Gasteiger partial charge in [0.25, 0.3) is 0 Å². The number of rotatable bonds is 4. The Morgan fingerprint density at radius 2 is 2.05 bits per heavy atom. The Hall–Kier alpha value is -1.85. The van der Waals surface area contributed by atoms with E-state index in [2.05, 4.69) is 15.4 Å². The number of ether oxygens (including phenoxy) is 1. The number of hydrogen-bond acceptors (Lipinski definition) is 5. The van der Waals surface area contributed by atoms with Crippen LogP contribution in [0.25, 0.3) is 0 Å². The first kappa shape index (κ1) is 14.6. The highest BCUT2D eigenvalue weighted by atomic mass is 35.5. The molecular weight excluding hydrogens is 276 g/mol. The van der Waals surface area contributed by atoms with Crippen molar-refractivity contribution in [3.8, 4) is 11.6 Å². The quantitative estimate of drug-likeness (QED) is 0.665. The summed E-state index contributed by atoms with van der Waals surface area (Å²) >= 11 is 5.95. The maximum atomic E-state index is 5.95. The summed E-state index contributed by atoms with van der Waals surface area (Å²) < 4.78 is 5.79. The SMILES string of the molecule is Cc1c(NN)nc(C(C)C)nc1Oc1cccc(Cl)c1. The van der Waals surface area contributed by atoms with E-state index >= 15 is 0 Å². The fraction of sp³-hybridized carbons (Fsp3) is 0.286. The Balaban J connectivity index is 2.42. The molecule has 3 N–H and O–H groups in total. The van der Waals surface area contributed by atoms with Crippen molar-refractivity contribution < 1.29 is 4.74 Å². The molecule has 20 heavy (non-hydrogen) atoms. The van der Waals surface area contributed by atoms with Gasteiger partial charge >= 0.3 is 0 Å². The second-order valence-corrected chi connectivity index (χ2v) is 5.16. The number of nitrogens with one attached hydrogen (secondary N) is 1. The van der Waals surface area contributed by atoms with E-state index in [4.69, 9.17) is 22.2 Å². The van der Waals surface area contributed by atoms with Gasteiger partial charge in [0.15, 0.2) is 5.82 Å². The minimum absolute atomic E-state index is 0.171. The molecule has 0 amide bonds. The average molecular weight is 293 g/mol. The van der Waals surface area contributed by atoms with Gasteiger partial charge in [0, 0.05) is 10.9 Å².